The molecule has 1 aromatic rings. The lowest BCUT2D eigenvalue weighted by Crippen LogP contribution is -2.10. The molecule has 0 bridgehead atoms. The maximum absolute atomic E-state index is 11.6. The van der Waals surface area contributed by atoms with E-state index in [1.54, 1.807) is 0 Å². The molecule has 1 aromatic heterocycles. The molecule has 0 fully saturated rings. The van der Waals surface area contributed by atoms with Crippen LogP contribution in [0.2, 0.25) is 0 Å². The van der Waals surface area contributed by atoms with Gasteiger partial charge in [-0.2, -0.15) is 0 Å². The van der Waals surface area contributed by atoms with Gasteiger partial charge in [0.1, 0.15) is 0 Å². The van der Waals surface area contributed by atoms with Gasteiger partial charge in [-0.1, -0.05) is 39.0 Å². The lowest BCUT2D eigenvalue weighted by Gasteiger charge is -2.01. The monoisotopic (exact) mass is 254 g/mol. The van der Waals surface area contributed by atoms with Crippen LogP contribution in [0.5, 0.6) is 0 Å². The molecule has 0 aromatic carbocycles. The molecule has 0 atom stereocenters. The number of aryl methyl sites for hydroxylation is 1. The van der Waals surface area contributed by atoms with Crippen LogP contribution in [0.25, 0.3) is 0 Å². The zero-order valence-corrected chi connectivity index (χ0v) is 11.6. The van der Waals surface area contributed by atoms with Crippen molar-refractivity contribution in [2.45, 2.75) is 58.8 Å². The smallest absolute Gasteiger partial charge is 0.226 e. The number of aromatic nitrogens is 1. The number of hydrogen-bond acceptors (Lipinski definition) is 3. The summed E-state index contributed by atoms with van der Waals surface area (Å²) in [6.45, 7) is 4.14. The maximum Gasteiger partial charge on any atom is 0.226 e. The largest absolute Gasteiger partial charge is 0.302 e. The summed E-state index contributed by atoms with van der Waals surface area (Å²) in [4.78, 5) is 15.8. The summed E-state index contributed by atoms with van der Waals surface area (Å²) in [5, 5.41) is 5.50. The number of thiazole rings is 1. The number of nitrogens with one attached hydrogen (secondary N) is 1. The van der Waals surface area contributed by atoms with Gasteiger partial charge in [-0.15, -0.1) is 11.3 Å². The molecule has 0 saturated carbocycles. The molecule has 0 radical (unpaired) electrons. The fourth-order valence-corrected chi connectivity index (χ4v) is 2.36. The van der Waals surface area contributed by atoms with Crippen molar-refractivity contribution < 1.29 is 4.79 Å². The topological polar surface area (TPSA) is 42.0 Å². The number of amides is 1. The summed E-state index contributed by atoms with van der Waals surface area (Å²) in [7, 11) is 0. The van der Waals surface area contributed by atoms with Crippen LogP contribution in [0.15, 0.2) is 5.38 Å². The molecule has 1 rings (SSSR count). The number of unbranched alkanes of at least 4 members (excludes halogenated alkanes) is 5. The Labute approximate surface area is 108 Å². The van der Waals surface area contributed by atoms with E-state index >= 15 is 0 Å². The van der Waals surface area contributed by atoms with E-state index in [1.807, 2.05) is 12.3 Å². The van der Waals surface area contributed by atoms with E-state index in [2.05, 4.69) is 17.2 Å². The van der Waals surface area contributed by atoms with E-state index in [0.717, 1.165) is 23.7 Å². The third-order valence-corrected chi connectivity index (χ3v) is 3.50. The maximum atomic E-state index is 11.6. The van der Waals surface area contributed by atoms with Crippen LogP contribution in [0.4, 0.5) is 5.13 Å². The first-order valence-corrected chi connectivity index (χ1v) is 7.32. The Morgan fingerprint density at radius 3 is 2.65 bits per heavy atom. The SMILES string of the molecule is CCCCCCCCC(=O)Nc1nc(C)cs1. The van der Waals surface area contributed by atoms with Gasteiger partial charge in [0.2, 0.25) is 5.91 Å². The first-order valence-electron chi connectivity index (χ1n) is 6.44. The Morgan fingerprint density at radius 2 is 2.00 bits per heavy atom. The van der Waals surface area contributed by atoms with Crippen molar-refractivity contribution in [3.8, 4) is 0 Å². The van der Waals surface area contributed by atoms with Gasteiger partial charge in [0.05, 0.1) is 5.69 Å². The van der Waals surface area contributed by atoms with Gasteiger partial charge in [0.25, 0.3) is 0 Å². The van der Waals surface area contributed by atoms with Crippen LogP contribution in [0.3, 0.4) is 0 Å². The van der Waals surface area contributed by atoms with E-state index in [1.165, 1.54) is 37.0 Å². The molecule has 17 heavy (non-hydrogen) atoms. The van der Waals surface area contributed by atoms with Crippen LogP contribution >= 0.6 is 11.3 Å². The standard InChI is InChI=1S/C13H22N2OS/c1-3-4-5-6-7-8-9-12(16)15-13-14-11(2)10-17-13/h10H,3-9H2,1-2H3,(H,14,15,16). The normalized spacial score (nSPS) is 10.5. The van der Waals surface area contributed by atoms with Crippen LogP contribution < -0.4 is 5.32 Å². The van der Waals surface area contributed by atoms with Gasteiger partial charge < -0.3 is 5.32 Å². The summed E-state index contributed by atoms with van der Waals surface area (Å²) in [5.41, 5.74) is 0.963. The molecular weight excluding hydrogens is 232 g/mol. The molecule has 0 saturated heterocycles. The van der Waals surface area contributed by atoms with Crippen molar-refractivity contribution in [2.75, 3.05) is 5.32 Å². The molecule has 0 aliphatic rings. The third-order valence-electron chi connectivity index (χ3n) is 2.62. The van der Waals surface area contributed by atoms with Gasteiger partial charge in [-0.25, -0.2) is 4.98 Å². The minimum Gasteiger partial charge on any atom is -0.302 e. The molecule has 0 unspecified atom stereocenters. The highest BCUT2D eigenvalue weighted by Gasteiger charge is 2.04. The molecule has 0 aliphatic heterocycles. The second kappa shape index (κ2) is 8.23. The fourth-order valence-electron chi connectivity index (χ4n) is 1.66. The first kappa shape index (κ1) is 14.2. The van der Waals surface area contributed by atoms with Crippen molar-refractivity contribution in [1.29, 1.82) is 0 Å². The summed E-state index contributed by atoms with van der Waals surface area (Å²) in [6, 6.07) is 0. The number of carbonyl (C=O) groups excluding carboxylic acids is 1. The Morgan fingerprint density at radius 1 is 1.29 bits per heavy atom. The van der Waals surface area contributed by atoms with Gasteiger partial charge in [0, 0.05) is 11.8 Å². The molecule has 1 heterocycles. The molecule has 4 heteroatoms. The minimum atomic E-state index is 0.0924. The summed E-state index contributed by atoms with van der Waals surface area (Å²) < 4.78 is 0. The fraction of sp³-hybridized carbons (Fsp3) is 0.692. The van der Waals surface area contributed by atoms with Crippen molar-refractivity contribution >= 4 is 22.4 Å². The zero-order valence-electron chi connectivity index (χ0n) is 10.8. The Balaban J connectivity index is 2.05. The van der Waals surface area contributed by atoms with Crippen LogP contribution in [0.1, 0.15) is 57.6 Å². The number of nitrogens with zero attached hydrogens (tertiary/aromatic N) is 1. The highest BCUT2D eigenvalue weighted by Crippen LogP contribution is 2.15. The van der Waals surface area contributed by atoms with E-state index in [-0.39, 0.29) is 5.91 Å². The van der Waals surface area contributed by atoms with Crippen molar-refractivity contribution in [2.24, 2.45) is 0 Å². The van der Waals surface area contributed by atoms with Crippen molar-refractivity contribution in [3.05, 3.63) is 11.1 Å². The van der Waals surface area contributed by atoms with Gasteiger partial charge in [-0.3, -0.25) is 4.79 Å². The van der Waals surface area contributed by atoms with E-state index in [9.17, 15) is 4.79 Å². The Hall–Kier alpha value is -0.900. The van der Waals surface area contributed by atoms with Gasteiger partial charge in [-0.05, 0) is 13.3 Å². The Kier molecular flexibility index (Phi) is 6.86. The molecule has 0 aliphatic carbocycles. The number of carbonyl (C=O) groups is 1. The molecule has 0 spiro atoms. The van der Waals surface area contributed by atoms with Crippen molar-refractivity contribution in [1.82, 2.24) is 4.98 Å². The van der Waals surface area contributed by atoms with Gasteiger partial charge in [0.15, 0.2) is 5.13 Å². The predicted octanol–water partition coefficient (Wildman–Crippen LogP) is 4.14. The lowest BCUT2D eigenvalue weighted by molar-refractivity contribution is -0.116. The lowest BCUT2D eigenvalue weighted by atomic mass is 10.1. The minimum absolute atomic E-state index is 0.0924. The molecule has 1 amide bonds. The molecule has 1 N–H and O–H groups in total. The quantitative estimate of drug-likeness (QED) is 0.708. The summed E-state index contributed by atoms with van der Waals surface area (Å²) in [5.74, 6) is 0.0924. The Bertz CT molecular complexity index is 336. The molecular formula is C13H22N2OS. The summed E-state index contributed by atoms with van der Waals surface area (Å²) >= 11 is 1.49. The van der Waals surface area contributed by atoms with Crippen LogP contribution in [0, 0.1) is 6.92 Å². The zero-order chi connectivity index (χ0) is 12.5. The van der Waals surface area contributed by atoms with E-state index in [0.29, 0.717) is 6.42 Å². The van der Waals surface area contributed by atoms with Crippen molar-refractivity contribution in [3.63, 3.8) is 0 Å². The molecule has 3 nitrogen and oxygen atoms in total. The predicted molar refractivity (Wildman–Crippen MR) is 73.5 cm³/mol. The first-order chi connectivity index (χ1) is 8.22. The van der Waals surface area contributed by atoms with Crippen LogP contribution in [-0.4, -0.2) is 10.9 Å². The number of rotatable bonds is 8. The van der Waals surface area contributed by atoms with Crippen LogP contribution in [-0.2, 0) is 4.79 Å². The highest BCUT2D eigenvalue weighted by atomic mass is 32.1. The van der Waals surface area contributed by atoms with E-state index < -0.39 is 0 Å². The van der Waals surface area contributed by atoms with Gasteiger partial charge >= 0.3 is 0 Å². The van der Waals surface area contributed by atoms with E-state index in [4.69, 9.17) is 0 Å². The second-order valence-electron chi connectivity index (χ2n) is 4.36. The average Bonchev–Trinajstić information content (AvgIpc) is 2.69. The average molecular weight is 254 g/mol. The number of hydrogen-bond donors (Lipinski definition) is 1. The third kappa shape index (κ3) is 6.41. The second-order valence-corrected chi connectivity index (χ2v) is 5.22. The molecule has 96 valence electrons. The summed E-state index contributed by atoms with van der Waals surface area (Å²) in [6.07, 6.45) is 7.88. The number of anilines is 1. The highest BCUT2D eigenvalue weighted by molar-refractivity contribution is 7.13.